The molecule has 0 saturated carbocycles. The van der Waals surface area contributed by atoms with Gasteiger partial charge >= 0.3 is 5.69 Å². The average Bonchev–Trinajstić information content (AvgIpc) is 2.68. The molecule has 1 heterocycles. The van der Waals surface area contributed by atoms with Crippen molar-refractivity contribution in [3.05, 3.63) is 74.7 Å². The second-order valence-electron chi connectivity index (χ2n) is 5.34. The highest BCUT2D eigenvalue weighted by molar-refractivity contribution is 9.10. The lowest BCUT2D eigenvalue weighted by atomic mass is 10.2. The van der Waals surface area contributed by atoms with Crippen LogP contribution in [0.5, 0.6) is 11.5 Å². The Balaban J connectivity index is 1.77. The zero-order chi connectivity index (χ0) is 19.1. The smallest absolute Gasteiger partial charge is 0.363 e. The van der Waals surface area contributed by atoms with E-state index in [2.05, 4.69) is 41.6 Å². The van der Waals surface area contributed by atoms with Crippen LogP contribution < -0.4 is 20.6 Å². The molecular weight excluding hydrogens is 414 g/mol. The van der Waals surface area contributed by atoms with Crippen LogP contribution in [-0.2, 0) is 6.61 Å². The van der Waals surface area contributed by atoms with Crippen LogP contribution >= 0.6 is 15.9 Å². The van der Waals surface area contributed by atoms with Gasteiger partial charge in [-0.1, -0.05) is 34.1 Å². The fourth-order valence-corrected chi connectivity index (χ4v) is 2.48. The van der Waals surface area contributed by atoms with Gasteiger partial charge in [0.1, 0.15) is 6.61 Å². The molecule has 0 saturated heterocycles. The van der Waals surface area contributed by atoms with Crippen molar-refractivity contribution in [3.8, 4) is 11.5 Å². The predicted molar refractivity (Wildman–Crippen MR) is 105 cm³/mol. The van der Waals surface area contributed by atoms with Crippen molar-refractivity contribution in [3.63, 3.8) is 0 Å². The van der Waals surface area contributed by atoms with Gasteiger partial charge in [0, 0.05) is 10.0 Å². The Morgan fingerprint density at radius 2 is 2.07 bits per heavy atom. The van der Waals surface area contributed by atoms with Crippen LogP contribution in [0.15, 0.2) is 63.0 Å². The summed E-state index contributed by atoms with van der Waals surface area (Å²) >= 11 is 3.41. The van der Waals surface area contributed by atoms with Gasteiger partial charge in [0.05, 0.1) is 19.5 Å². The first kappa shape index (κ1) is 18.6. The van der Waals surface area contributed by atoms with E-state index in [1.54, 1.807) is 13.3 Å². The van der Waals surface area contributed by atoms with Gasteiger partial charge in [-0.15, -0.1) is 0 Å². The molecule has 3 rings (SSSR count). The van der Waals surface area contributed by atoms with Gasteiger partial charge in [-0.2, -0.15) is 15.2 Å². The first-order valence-corrected chi connectivity index (χ1v) is 8.70. The number of aromatic amines is 1. The first-order chi connectivity index (χ1) is 13.2. The number of nitrogens with zero attached hydrogens (tertiary/aromatic N) is 3. The maximum atomic E-state index is 11.1. The zero-order valence-electron chi connectivity index (χ0n) is 14.3. The number of hydrogen-bond acceptors (Lipinski definition) is 7. The second kappa shape index (κ2) is 8.95. The highest BCUT2D eigenvalue weighted by Crippen LogP contribution is 2.31. The standard InChI is InChI=1S/C18H16BrN5O3/c1-26-15-4-2-3-13(9-20-23-16-10-21-24-18(25)22-16)17(15)27-11-12-5-7-14(19)8-6-12/h2-10H,11H2,1H3,(H2,22,23,24,25)/b20-9+. The molecule has 0 aliphatic rings. The highest BCUT2D eigenvalue weighted by atomic mass is 79.9. The summed E-state index contributed by atoms with van der Waals surface area (Å²) in [7, 11) is 1.58. The SMILES string of the molecule is COc1cccc(/C=N/Nc2cn[nH]c(=O)n2)c1OCc1ccc(Br)cc1. The molecular formula is C18H16BrN5O3. The number of rotatable bonds is 7. The van der Waals surface area contributed by atoms with E-state index in [0.29, 0.717) is 23.7 Å². The Hall–Kier alpha value is -3.20. The summed E-state index contributed by atoms with van der Waals surface area (Å²) in [4.78, 5) is 14.8. The Labute approximate surface area is 163 Å². The van der Waals surface area contributed by atoms with Crippen molar-refractivity contribution in [1.29, 1.82) is 0 Å². The fourth-order valence-electron chi connectivity index (χ4n) is 2.22. The number of H-pyrrole nitrogens is 1. The van der Waals surface area contributed by atoms with Crippen molar-refractivity contribution < 1.29 is 9.47 Å². The third kappa shape index (κ3) is 5.14. The molecule has 1 aromatic heterocycles. The monoisotopic (exact) mass is 429 g/mol. The summed E-state index contributed by atoms with van der Waals surface area (Å²) in [6.45, 7) is 0.376. The van der Waals surface area contributed by atoms with Gasteiger partial charge in [-0.3, -0.25) is 5.43 Å². The summed E-state index contributed by atoms with van der Waals surface area (Å²) in [5.74, 6) is 1.38. The molecule has 9 heteroatoms. The molecule has 2 N–H and O–H groups in total. The number of nitrogens with one attached hydrogen (secondary N) is 2. The number of halogens is 1. The molecule has 0 spiro atoms. The number of methoxy groups -OCH3 is 1. The Morgan fingerprint density at radius 3 is 2.81 bits per heavy atom. The quantitative estimate of drug-likeness (QED) is 0.442. The van der Waals surface area contributed by atoms with Crippen molar-refractivity contribution in [2.45, 2.75) is 6.61 Å². The van der Waals surface area contributed by atoms with E-state index in [0.717, 1.165) is 10.0 Å². The molecule has 0 aliphatic heterocycles. The lowest BCUT2D eigenvalue weighted by Gasteiger charge is -2.13. The van der Waals surface area contributed by atoms with Gasteiger partial charge in [0.25, 0.3) is 0 Å². The molecule has 138 valence electrons. The van der Waals surface area contributed by atoms with Crippen LogP contribution in [-0.4, -0.2) is 28.5 Å². The topological polar surface area (TPSA) is 101 Å². The number of anilines is 1. The largest absolute Gasteiger partial charge is 0.493 e. The third-order valence-corrected chi connectivity index (χ3v) is 4.01. The van der Waals surface area contributed by atoms with Crippen LogP contribution in [0, 0.1) is 0 Å². The Morgan fingerprint density at radius 1 is 1.26 bits per heavy atom. The Kier molecular flexibility index (Phi) is 6.16. The molecule has 0 radical (unpaired) electrons. The van der Waals surface area contributed by atoms with E-state index in [1.165, 1.54) is 6.20 Å². The molecule has 0 fully saturated rings. The number of hydrazone groups is 1. The van der Waals surface area contributed by atoms with Crippen LogP contribution in [0.2, 0.25) is 0 Å². The van der Waals surface area contributed by atoms with Gasteiger partial charge in [-0.25, -0.2) is 9.89 Å². The number of para-hydroxylation sites is 1. The molecule has 3 aromatic rings. The fraction of sp³-hybridized carbons (Fsp3) is 0.111. The second-order valence-corrected chi connectivity index (χ2v) is 6.25. The number of ether oxygens (including phenoxy) is 2. The summed E-state index contributed by atoms with van der Waals surface area (Å²) in [6, 6.07) is 13.3. The number of benzene rings is 2. The van der Waals surface area contributed by atoms with E-state index in [-0.39, 0.29) is 5.82 Å². The molecule has 8 nitrogen and oxygen atoms in total. The van der Waals surface area contributed by atoms with E-state index < -0.39 is 5.69 Å². The van der Waals surface area contributed by atoms with E-state index in [1.807, 2.05) is 42.5 Å². The maximum absolute atomic E-state index is 11.1. The minimum absolute atomic E-state index is 0.232. The number of aromatic nitrogens is 3. The zero-order valence-corrected chi connectivity index (χ0v) is 15.9. The molecule has 0 amide bonds. The normalized spacial score (nSPS) is 10.7. The van der Waals surface area contributed by atoms with Crippen molar-refractivity contribution in [1.82, 2.24) is 15.2 Å². The highest BCUT2D eigenvalue weighted by Gasteiger charge is 2.10. The Bertz CT molecular complexity index is 989. The molecule has 0 unspecified atom stereocenters. The van der Waals surface area contributed by atoms with Gasteiger partial charge in [0.15, 0.2) is 17.3 Å². The van der Waals surface area contributed by atoms with Crippen LogP contribution in [0.4, 0.5) is 5.82 Å². The van der Waals surface area contributed by atoms with Crippen molar-refractivity contribution >= 4 is 28.0 Å². The van der Waals surface area contributed by atoms with Gasteiger partial charge in [0.2, 0.25) is 0 Å². The number of hydrogen-bond donors (Lipinski definition) is 2. The van der Waals surface area contributed by atoms with Crippen molar-refractivity contribution in [2.24, 2.45) is 5.10 Å². The van der Waals surface area contributed by atoms with Crippen molar-refractivity contribution in [2.75, 3.05) is 12.5 Å². The predicted octanol–water partition coefficient (Wildman–Crippen LogP) is 2.96. The maximum Gasteiger partial charge on any atom is 0.363 e. The van der Waals surface area contributed by atoms with E-state index >= 15 is 0 Å². The molecule has 2 aromatic carbocycles. The summed E-state index contributed by atoms with van der Waals surface area (Å²) in [5.41, 5.74) is 3.82. The summed E-state index contributed by atoms with van der Waals surface area (Å²) in [6.07, 6.45) is 2.91. The molecule has 0 aliphatic carbocycles. The summed E-state index contributed by atoms with van der Waals surface area (Å²) < 4.78 is 12.4. The minimum Gasteiger partial charge on any atom is -0.493 e. The molecule has 0 bridgehead atoms. The summed E-state index contributed by atoms with van der Waals surface area (Å²) in [5, 5.41) is 9.91. The molecule has 27 heavy (non-hydrogen) atoms. The third-order valence-electron chi connectivity index (χ3n) is 3.48. The van der Waals surface area contributed by atoms with Gasteiger partial charge in [-0.05, 0) is 29.8 Å². The lowest BCUT2D eigenvalue weighted by Crippen LogP contribution is -2.13. The van der Waals surface area contributed by atoms with E-state index in [4.69, 9.17) is 9.47 Å². The first-order valence-electron chi connectivity index (χ1n) is 7.91. The van der Waals surface area contributed by atoms with Crippen LogP contribution in [0.25, 0.3) is 0 Å². The van der Waals surface area contributed by atoms with Gasteiger partial charge < -0.3 is 9.47 Å². The van der Waals surface area contributed by atoms with E-state index in [9.17, 15) is 4.79 Å². The molecule has 0 atom stereocenters. The minimum atomic E-state index is -0.560. The van der Waals surface area contributed by atoms with Crippen LogP contribution in [0.1, 0.15) is 11.1 Å². The average molecular weight is 430 g/mol. The van der Waals surface area contributed by atoms with Crippen LogP contribution in [0.3, 0.4) is 0 Å². The lowest BCUT2D eigenvalue weighted by molar-refractivity contribution is 0.284.